The Balaban J connectivity index is 2.01. The number of aromatic nitrogens is 1. The Morgan fingerprint density at radius 1 is 1.14 bits per heavy atom. The summed E-state index contributed by atoms with van der Waals surface area (Å²) in [4.78, 5) is 27.5. The van der Waals surface area contributed by atoms with Gasteiger partial charge in [0, 0.05) is 37.0 Å². The van der Waals surface area contributed by atoms with Crippen LogP contribution >= 0.6 is 0 Å². The number of amides is 1. The first-order valence-corrected chi connectivity index (χ1v) is 7.25. The maximum absolute atomic E-state index is 12.9. The number of carbonyl (C=O) groups is 2. The van der Waals surface area contributed by atoms with Crippen LogP contribution < -0.4 is 0 Å². The SMILES string of the molecule is Cn1c2c(c3ccccc31)C(=O)CC1CC=CCN1C2=O. The van der Waals surface area contributed by atoms with Crippen LogP contribution in [-0.4, -0.2) is 33.7 Å². The molecule has 4 nitrogen and oxygen atoms in total. The van der Waals surface area contributed by atoms with Crippen LogP contribution in [0.4, 0.5) is 0 Å². The van der Waals surface area contributed by atoms with Crippen molar-refractivity contribution in [1.29, 1.82) is 0 Å². The predicted molar refractivity (Wildman–Crippen MR) is 80.4 cm³/mol. The fraction of sp³-hybridized carbons (Fsp3) is 0.294. The maximum Gasteiger partial charge on any atom is 0.271 e. The summed E-state index contributed by atoms with van der Waals surface area (Å²) in [5, 5.41) is 0.890. The van der Waals surface area contributed by atoms with Gasteiger partial charge in [-0.3, -0.25) is 9.59 Å². The number of rotatable bonds is 0. The first-order chi connectivity index (χ1) is 10.2. The van der Waals surface area contributed by atoms with Crippen molar-refractivity contribution in [2.24, 2.45) is 7.05 Å². The summed E-state index contributed by atoms with van der Waals surface area (Å²) in [6.07, 6.45) is 5.25. The van der Waals surface area contributed by atoms with Gasteiger partial charge < -0.3 is 9.47 Å². The van der Waals surface area contributed by atoms with E-state index in [1.807, 2.05) is 46.9 Å². The number of hydrogen-bond acceptors (Lipinski definition) is 2. The van der Waals surface area contributed by atoms with Gasteiger partial charge in [-0.05, 0) is 12.5 Å². The molecule has 2 aliphatic rings. The summed E-state index contributed by atoms with van der Waals surface area (Å²) in [7, 11) is 1.87. The lowest BCUT2D eigenvalue weighted by atomic mass is 9.99. The number of carbonyl (C=O) groups excluding carboxylic acids is 2. The minimum absolute atomic E-state index is 0.00108. The van der Waals surface area contributed by atoms with E-state index >= 15 is 0 Å². The number of ketones is 1. The molecule has 3 heterocycles. The van der Waals surface area contributed by atoms with E-state index in [-0.39, 0.29) is 17.7 Å². The Bertz CT molecular complexity index is 800. The van der Waals surface area contributed by atoms with E-state index in [2.05, 4.69) is 6.08 Å². The number of nitrogens with zero attached hydrogens (tertiary/aromatic N) is 2. The highest BCUT2D eigenvalue weighted by Gasteiger charge is 2.37. The van der Waals surface area contributed by atoms with E-state index in [1.54, 1.807) is 0 Å². The van der Waals surface area contributed by atoms with E-state index in [9.17, 15) is 9.59 Å². The third-order valence-electron chi connectivity index (χ3n) is 4.59. The quantitative estimate of drug-likeness (QED) is 0.696. The zero-order valence-corrected chi connectivity index (χ0v) is 11.9. The van der Waals surface area contributed by atoms with Crippen LogP contribution in [-0.2, 0) is 7.05 Å². The summed E-state index contributed by atoms with van der Waals surface area (Å²) >= 11 is 0. The highest BCUT2D eigenvalue weighted by atomic mass is 16.2. The molecule has 1 atom stereocenters. The van der Waals surface area contributed by atoms with Crippen LogP contribution in [0.3, 0.4) is 0 Å². The van der Waals surface area contributed by atoms with Gasteiger partial charge in [-0.1, -0.05) is 30.4 Å². The first kappa shape index (κ1) is 12.4. The lowest BCUT2D eigenvalue weighted by molar-refractivity contribution is 0.0681. The number of fused-ring (bicyclic) bond motifs is 4. The minimum Gasteiger partial charge on any atom is -0.339 e. The number of aryl methyl sites for hydroxylation is 1. The Hall–Kier alpha value is -2.36. The number of hydrogen-bond donors (Lipinski definition) is 0. The van der Waals surface area contributed by atoms with Crippen molar-refractivity contribution in [2.75, 3.05) is 6.54 Å². The summed E-state index contributed by atoms with van der Waals surface area (Å²) < 4.78 is 1.87. The topological polar surface area (TPSA) is 42.3 Å². The molecule has 0 N–H and O–H groups in total. The second kappa shape index (κ2) is 4.32. The molecule has 1 aromatic heterocycles. The van der Waals surface area contributed by atoms with Gasteiger partial charge in [0.2, 0.25) is 0 Å². The third kappa shape index (κ3) is 1.62. The molecule has 1 aromatic carbocycles. The lowest BCUT2D eigenvalue weighted by Gasteiger charge is -2.31. The minimum atomic E-state index is -0.0242. The van der Waals surface area contributed by atoms with Gasteiger partial charge in [0.15, 0.2) is 5.78 Å². The van der Waals surface area contributed by atoms with E-state index in [4.69, 9.17) is 0 Å². The molecule has 1 unspecified atom stereocenters. The van der Waals surface area contributed by atoms with Crippen molar-refractivity contribution in [3.63, 3.8) is 0 Å². The molecule has 0 fully saturated rings. The van der Waals surface area contributed by atoms with Crippen molar-refractivity contribution in [2.45, 2.75) is 18.9 Å². The number of benzene rings is 1. The molecule has 2 aromatic rings. The molecule has 4 heteroatoms. The van der Waals surface area contributed by atoms with Crippen molar-refractivity contribution in [3.8, 4) is 0 Å². The Morgan fingerprint density at radius 3 is 2.81 bits per heavy atom. The van der Waals surface area contributed by atoms with Crippen LogP contribution in [0.25, 0.3) is 10.9 Å². The highest BCUT2D eigenvalue weighted by Crippen LogP contribution is 2.32. The van der Waals surface area contributed by atoms with Gasteiger partial charge in [0.25, 0.3) is 5.91 Å². The molecule has 0 radical (unpaired) electrons. The van der Waals surface area contributed by atoms with Crippen LogP contribution in [0.2, 0.25) is 0 Å². The summed E-state index contributed by atoms with van der Waals surface area (Å²) in [6, 6.07) is 7.74. The fourth-order valence-electron chi connectivity index (χ4n) is 3.54. The molecule has 1 amide bonds. The maximum atomic E-state index is 12.9. The average molecular weight is 280 g/mol. The lowest BCUT2D eigenvalue weighted by Crippen LogP contribution is -2.41. The van der Waals surface area contributed by atoms with Crippen LogP contribution in [0, 0.1) is 0 Å². The van der Waals surface area contributed by atoms with Crippen LogP contribution in [0.5, 0.6) is 0 Å². The molecule has 4 rings (SSSR count). The Labute approximate surface area is 122 Å². The summed E-state index contributed by atoms with van der Waals surface area (Å²) in [5.41, 5.74) is 2.08. The normalized spacial score (nSPS) is 21.4. The van der Waals surface area contributed by atoms with Gasteiger partial charge in [0.05, 0.1) is 5.56 Å². The molecule has 106 valence electrons. The zero-order valence-electron chi connectivity index (χ0n) is 11.9. The molecular weight excluding hydrogens is 264 g/mol. The highest BCUT2D eigenvalue weighted by molar-refractivity contribution is 6.18. The van der Waals surface area contributed by atoms with Crippen molar-refractivity contribution < 1.29 is 9.59 Å². The Kier molecular flexibility index (Phi) is 2.55. The molecule has 0 bridgehead atoms. The van der Waals surface area contributed by atoms with Crippen molar-refractivity contribution in [1.82, 2.24) is 9.47 Å². The molecule has 21 heavy (non-hydrogen) atoms. The molecule has 0 saturated carbocycles. The summed E-state index contributed by atoms with van der Waals surface area (Å²) in [5.74, 6) is 0.0573. The fourth-order valence-corrected chi connectivity index (χ4v) is 3.54. The van der Waals surface area contributed by atoms with Gasteiger partial charge in [-0.15, -0.1) is 0 Å². The van der Waals surface area contributed by atoms with Gasteiger partial charge >= 0.3 is 0 Å². The number of Topliss-reactive ketones (excluding diaryl/α,β-unsaturated/α-hetero) is 1. The average Bonchev–Trinajstić information content (AvgIpc) is 2.74. The van der Waals surface area contributed by atoms with E-state index in [0.717, 1.165) is 17.3 Å². The summed E-state index contributed by atoms with van der Waals surface area (Å²) in [6.45, 7) is 0.595. The van der Waals surface area contributed by atoms with E-state index in [0.29, 0.717) is 24.2 Å². The first-order valence-electron chi connectivity index (χ1n) is 7.25. The second-order valence-corrected chi connectivity index (χ2v) is 5.75. The molecule has 0 aliphatic carbocycles. The smallest absolute Gasteiger partial charge is 0.271 e. The Morgan fingerprint density at radius 2 is 1.95 bits per heavy atom. The standard InChI is InChI=1S/C17H16N2O2/c1-18-13-8-3-2-7-12(13)15-14(20)10-11-6-4-5-9-19(11)17(21)16(15)18/h2-5,7-8,11H,6,9-10H2,1H3. The van der Waals surface area contributed by atoms with Crippen LogP contribution in [0.15, 0.2) is 36.4 Å². The monoisotopic (exact) mass is 280 g/mol. The molecule has 0 saturated heterocycles. The zero-order chi connectivity index (χ0) is 14.6. The van der Waals surface area contributed by atoms with Crippen LogP contribution in [0.1, 0.15) is 33.7 Å². The molecule has 2 aliphatic heterocycles. The van der Waals surface area contributed by atoms with Crippen molar-refractivity contribution >= 4 is 22.6 Å². The second-order valence-electron chi connectivity index (χ2n) is 5.75. The van der Waals surface area contributed by atoms with E-state index in [1.165, 1.54) is 0 Å². The van der Waals surface area contributed by atoms with Crippen molar-refractivity contribution in [3.05, 3.63) is 47.7 Å². The largest absolute Gasteiger partial charge is 0.339 e. The van der Waals surface area contributed by atoms with Gasteiger partial charge in [-0.25, -0.2) is 0 Å². The van der Waals surface area contributed by atoms with E-state index < -0.39 is 0 Å². The molecule has 0 spiro atoms. The third-order valence-corrected chi connectivity index (χ3v) is 4.59. The van der Waals surface area contributed by atoms with Gasteiger partial charge in [-0.2, -0.15) is 0 Å². The number of para-hydroxylation sites is 1. The molecular formula is C17H16N2O2. The van der Waals surface area contributed by atoms with Gasteiger partial charge in [0.1, 0.15) is 5.69 Å². The predicted octanol–water partition coefficient (Wildman–Crippen LogP) is 2.54.